The lowest BCUT2D eigenvalue weighted by Gasteiger charge is -2.19. The Kier molecular flexibility index (Phi) is 5.63. The van der Waals surface area contributed by atoms with E-state index in [4.69, 9.17) is 4.98 Å². The summed E-state index contributed by atoms with van der Waals surface area (Å²) in [5, 5.41) is 0.856. The van der Waals surface area contributed by atoms with E-state index in [1.54, 1.807) is 24.3 Å². The number of hydrogen-bond acceptors (Lipinski definition) is 4. The largest absolute Gasteiger partial charge is 0.296 e. The maximum atomic E-state index is 13.3. The molecule has 4 rings (SSSR count). The molecule has 5 heteroatoms. The summed E-state index contributed by atoms with van der Waals surface area (Å²) in [6.07, 6.45) is 12.9. The molecule has 0 atom stereocenters. The number of nitrogens with zero attached hydrogens (tertiary/aromatic N) is 2. The van der Waals surface area contributed by atoms with Gasteiger partial charge in [-0.05, 0) is 68.2 Å². The van der Waals surface area contributed by atoms with Crippen LogP contribution in [0.5, 0.6) is 0 Å². The first kappa shape index (κ1) is 19.3. The fourth-order valence-electron chi connectivity index (χ4n) is 4.40. The third kappa shape index (κ3) is 3.52. The first-order chi connectivity index (χ1) is 13.6. The molecule has 3 heterocycles. The van der Waals surface area contributed by atoms with Gasteiger partial charge in [0.25, 0.3) is 5.56 Å². The SMILES string of the molecule is CCCCC1=C(/C=C/C(C)=O)CCc2c1sc1nc3n(c(=O)c21)CCCCC3. The number of fused-ring (bicyclic) bond motifs is 4. The number of thiophene rings is 1. The van der Waals surface area contributed by atoms with Crippen LogP contribution in [0.15, 0.2) is 22.5 Å². The van der Waals surface area contributed by atoms with Crippen molar-refractivity contribution in [3.05, 3.63) is 44.3 Å². The molecule has 2 aliphatic rings. The number of aryl methyl sites for hydroxylation is 2. The zero-order valence-electron chi connectivity index (χ0n) is 16.8. The van der Waals surface area contributed by atoms with Crippen LogP contribution in [0.1, 0.15) is 75.1 Å². The van der Waals surface area contributed by atoms with Gasteiger partial charge < -0.3 is 0 Å². The van der Waals surface area contributed by atoms with Gasteiger partial charge >= 0.3 is 0 Å². The van der Waals surface area contributed by atoms with E-state index in [9.17, 15) is 9.59 Å². The molecule has 2 aromatic rings. The average Bonchev–Trinajstić information content (AvgIpc) is 2.87. The molecule has 0 fully saturated rings. The third-order valence-electron chi connectivity index (χ3n) is 5.88. The number of allylic oxidation sites excluding steroid dienone is 4. The van der Waals surface area contributed by atoms with Gasteiger partial charge in [0.15, 0.2) is 5.78 Å². The van der Waals surface area contributed by atoms with Gasteiger partial charge in [0.2, 0.25) is 0 Å². The van der Waals surface area contributed by atoms with E-state index in [2.05, 4.69) is 6.92 Å². The number of hydrogen-bond donors (Lipinski definition) is 0. The molecule has 0 bridgehead atoms. The van der Waals surface area contributed by atoms with E-state index < -0.39 is 0 Å². The lowest BCUT2D eigenvalue weighted by molar-refractivity contribution is -0.112. The van der Waals surface area contributed by atoms with Crippen LogP contribution in [-0.4, -0.2) is 15.3 Å². The molecule has 2 aromatic heterocycles. The van der Waals surface area contributed by atoms with Crippen LogP contribution in [0, 0.1) is 0 Å². The fourth-order valence-corrected chi connectivity index (χ4v) is 5.74. The lowest BCUT2D eigenvalue weighted by atomic mass is 9.87. The molecule has 0 saturated heterocycles. The summed E-state index contributed by atoms with van der Waals surface area (Å²) in [4.78, 5) is 31.9. The van der Waals surface area contributed by atoms with Crippen LogP contribution >= 0.6 is 11.3 Å². The Morgan fingerprint density at radius 2 is 2.07 bits per heavy atom. The van der Waals surface area contributed by atoms with Crippen molar-refractivity contribution in [1.29, 1.82) is 0 Å². The number of ketones is 1. The van der Waals surface area contributed by atoms with Crippen molar-refractivity contribution in [3.63, 3.8) is 0 Å². The van der Waals surface area contributed by atoms with Crippen molar-refractivity contribution in [1.82, 2.24) is 9.55 Å². The molecule has 0 unspecified atom stereocenters. The molecular formula is C23H28N2O2S. The van der Waals surface area contributed by atoms with E-state index >= 15 is 0 Å². The van der Waals surface area contributed by atoms with E-state index in [0.717, 1.165) is 74.0 Å². The molecule has 1 aliphatic heterocycles. The molecule has 148 valence electrons. The standard InChI is InChI=1S/C23H28N2O2S/c1-3-4-8-17-16(11-10-15(2)26)12-13-18-20-22(28-21(17)18)24-19-9-6-5-7-14-25(19)23(20)27/h10-11H,3-9,12-14H2,1-2H3/b11-10+. The van der Waals surface area contributed by atoms with Gasteiger partial charge in [-0.1, -0.05) is 25.8 Å². The van der Waals surface area contributed by atoms with Crippen LogP contribution in [-0.2, 0) is 24.2 Å². The Morgan fingerprint density at radius 1 is 1.21 bits per heavy atom. The molecule has 4 nitrogen and oxygen atoms in total. The van der Waals surface area contributed by atoms with Gasteiger partial charge in [0.1, 0.15) is 10.7 Å². The van der Waals surface area contributed by atoms with Gasteiger partial charge in [0, 0.05) is 17.8 Å². The minimum Gasteiger partial charge on any atom is -0.296 e. The predicted molar refractivity (Wildman–Crippen MR) is 116 cm³/mol. The van der Waals surface area contributed by atoms with Gasteiger partial charge in [-0.3, -0.25) is 14.2 Å². The van der Waals surface area contributed by atoms with Crippen molar-refractivity contribution < 1.29 is 4.79 Å². The molecule has 0 amide bonds. The van der Waals surface area contributed by atoms with Crippen LogP contribution in [0.2, 0.25) is 0 Å². The van der Waals surface area contributed by atoms with Crippen molar-refractivity contribution in [2.45, 2.75) is 78.2 Å². The van der Waals surface area contributed by atoms with Crippen molar-refractivity contribution in [2.75, 3.05) is 0 Å². The van der Waals surface area contributed by atoms with Crippen LogP contribution in [0.25, 0.3) is 15.8 Å². The molecule has 0 radical (unpaired) electrons. The number of unbranched alkanes of at least 4 members (excludes halogenated alkanes) is 1. The Morgan fingerprint density at radius 3 is 2.86 bits per heavy atom. The lowest BCUT2D eigenvalue weighted by Crippen LogP contribution is -2.24. The molecule has 1 aliphatic carbocycles. The summed E-state index contributed by atoms with van der Waals surface area (Å²) in [7, 11) is 0. The van der Waals surface area contributed by atoms with Gasteiger partial charge in [-0.25, -0.2) is 4.98 Å². The van der Waals surface area contributed by atoms with E-state index in [1.165, 1.54) is 28.0 Å². The van der Waals surface area contributed by atoms with Crippen LogP contribution in [0.4, 0.5) is 0 Å². The number of carbonyl (C=O) groups is 1. The summed E-state index contributed by atoms with van der Waals surface area (Å²) >= 11 is 1.69. The van der Waals surface area contributed by atoms with Crippen molar-refractivity contribution in [3.8, 4) is 0 Å². The van der Waals surface area contributed by atoms with Crippen molar-refractivity contribution >= 4 is 32.9 Å². The smallest absolute Gasteiger partial charge is 0.262 e. The highest BCUT2D eigenvalue weighted by Crippen LogP contribution is 2.42. The Labute approximate surface area is 170 Å². The molecule has 0 aromatic carbocycles. The van der Waals surface area contributed by atoms with E-state index in [0.29, 0.717) is 0 Å². The second-order valence-corrected chi connectivity index (χ2v) is 8.94. The first-order valence-electron chi connectivity index (χ1n) is 10.6. The second-order valence-electron chi connectivity index (χ2n) is 7.94. The highest BCUT2D eigenvalue weighted by Gasteiger charge is 2.26. The van der Waals surface area contributed by atoms with E-state index in [-0.39, 0.29) is 11.3 Å². The summed E-state index contributed by atoms with van der Waals surface area (Å²) in [5.41, 5.74) is 3.94. The molecule has 0 spiro atoms. The maximum Gasteiger partial charge on any atom is 0.262 e. The number of carbonyl (C=O) groups excluding carboxylic acids is 1. The van der Waals surface area contributed by atoms with Gasteiger partial charge in [0.05, 0.1) is 5.39 Å². The van der Waals surface area contributed by atoms with Gasteiger partial charge in [-0.2, -0.15) is 0 Å². The summed E-state index contributed by atoms with van der Waals surface area (Å²) in [6.45, 7) is 4.59. The molecule has 0 N–H and O–H groups in total. The minimum atomic E-state index is 0.0770. The average molecular weight is 397 g/mol. The summed E-state index contributed by atoms with van der Waals surface area (Å²) in [5.74, 6) is 1.04. The second kappa shape index (κ2) is 8.16. The Balaban J connectivity index is 1.89. The first-order valence-corrected chi connectivity index (χ1v) is 11.4. The van der Waals surface area contributed by atoms with Crippen LogP contribution < -0.4 is 5.56 Å². The fraction of sp³-hybridized carbons (Fsp3) is 0.522. The Bertz CT molecular complexity index is 1040. The van der Waals surface area contributed by atoms with Crippen molar-refractivity contribution in [2.24, 2.45) is 0 Å². The zero-order valence-corrected chi connectivity index (χ0v) is 17.7. The monoisotopic (exact) mass is 396 g/mol. The predicted octanol–water partition coefficient (Wildman–Crippen LogP) is 5.22. The third-order valence-corrected chi connectivity index (χ3v) is 7.06. The maximum absolute atomic E-state index is 13.3. The Hall–Kier alpha value is -2.01. The number of rotatable bonds is 5. The van der Waals surface area contributed by atoms with Crippen LogP contribution in [0.3, 0.4) is 0 Å². The molecule has 0 saturated carbocycles. The van der Waals surface area contributed by atoms with E-state index in [1.807, 2.05) is 10.6 Å². The summed E-state index contributed by atoms with van der Waals surface area (Å²) < 4.78 is 1.93. The minimum absolute atomic E-state index is 0.0770. The highest BCUT2D eigenvalue weighted by molar-refractivity contribution is 7.19. The molecule has 28 heavy (non-hydrogen) atoms. The zero-order chi connectivity index (χ0) is 19.7. The highest BCUT2D eigenvalue weighted by atomic mass is 32.1. The normalized spacial score (nSPS) is 17.1. The quantitative estimate of drug-likeness (QED) is 0.651. The topological polar surface area (TPSA) is 52.0 Å². The summed E-state index contributed by atoms with van der Waals surface area (Å²) in [6, 6.07) is 0. The number of aromatic nitrogens is 2. The molecular weight excluding hydrogens is 368 g/mol. The van der Waals surface area contributed by atoms with Gasteiger partial charge in [-0.15, -0.1) is 11.3 Å².